The predicted octanol–water partition coefficient (Wildman–Crippen LogP) is 1.96. The zero-order valence-corrected chi connectivity index (χ0v) is 12.3. The molecule has 2 rings (SSSR count). The van der Waals surface area contributed by atoms with Gasteiger partial charge >= 0.3 is 0 Å². The average molecular weight is 279 g/mol. The summed E-state index contributed by atoms with van der Waals surface area (Å²) < 4.78 is 0. The largest absolute Gasteiger partial charge is 0.397 e. The van der Waals surface area contributed by atoms with E-state index in [1.807, 2.05) is 42.9 Å². The van der Waals surface area contributed by atoms with Crippen molar-refractivity contribution in [2.75, 3.05) is 36.2 Å². The highest BCUT2D eigenvalue weighted by molar-refractivity contribution is 7.99. The SMILES string of the molecule is CN(C)c1ccc(C(=O)NC2CCCSC2)cc1N. The number of thioether (sulfide) groups is 1. The van der Waals surface area contributed by atoms with Crippen molar-refractivity contribution in [3.05, 3.63) is 23.8 Å². The van der Waals surface area contributed by atoms with Gasteiger partial charge in [0.1, 0.15) is 0 Å². The Bertz CT molecular complexity index is 456. The van der Waals surface area contributed by atoms with Gasteiger partial charge in [0, 0.05) is 31.5 Å². The Balaban J connectivity index is 2.04. The summed E-state index contributed by atoms with van der Waals surface area (Å²) in [6.45, 7) is 0. The maximum absolute atomic E-state index is 12.2. The van der Waals surface area contributed by atoms with E-state index >= 15 is 0 Å². The van der Waals surface area contributed by atoms with Crippen LogP contribution in [0, 0.1) is 0 Å². The molecule has 1 aliphatic heterocycles. The Morgan fingerprint density at radius 1 is 1.47 bits per heavy atom. The molecule has 1 aromatic rings. The summed E-state index contributed by atoms with van der Waals surface area (Å²) in [5.74, 6) is 2.19. The van der Waals surface area contributed by atoms with E-state index in [9.17, 15) is 4.79 Å². The van der Waals surface area contributed by atoms with Crippen LogP contribution in [0.25, 0.3) is 0 Å². The molecule has 0 spiro atoms. The number of nitrogens with two attached hydrogens (primary N) is 1. The van der Waals surface area contributed by atoms with E-state index in [1.54, 1.807) is 6.07 Å². The number of nitrogen functional groups attached to an aromatic ring is 1. The van der Waals surface area contributed by atoms with Crippen molar-refractivity contribution in [3.63, 3.8) is 0 Å². The summed E-state index contributed by atoms with van der Waals surface area (Å²) in [5, 5.41) is 3.08. The van der Waals surface area contributed by atoms with Gasteiger partial charge in [-0.15, -0.1) is 0 Å². The summed E-state index contributed by atoms with van der Waals surface area (Å²) in [4.78, 5) is 14.1. The maximum Gasteiger partial charge on any atom is 0.251 e. The van der Waals surface area contributed by atoms with Crippen LogP contribution in [0.3, 0.4) is 0 Å². The number of carbonyl (C=O) groups is 1. The van der Waals surface area contributed by atoms with Crippen molar-refractivity contribution < 1.29 is 4.79 Å². The van der Waals surface area contributed by atoms with Gasteiger partial charge in [-0.2, -0.15) is 11.8 Å². The highest BCUT2D eigenvalue weighted by Gasteiger charge is 2.17. The summed E-state index contributed by atoms with van der Waals surface area (Å²) in [5.41, 5.74) is 8.17. The fraction of sp³-hybridized carbons (Fsp3) is 0.500. The molecule has 1 unspecified atom stereocenters. The van der Waals surface area contributed by atoms with Crippen molar-refractivity contribution in [2.45, 2.75) is 18.9 Å². The summed E-state index contributed by atoms with van der Waals surface area (Å²) >= 11 is 1.90. The van der Waals surface area contributed by atoms with Crippen LogP contribution >= 0.6 is 11.8 Å². The quantitative estimate of drug-likeness (QED) is 0.831. The molecule has 3 N–H and O–H groups in total. The molecule has 0 aromatic heterocycles. The lowest BCUT2D eigenvalue weighted by atomic mass is 10.1. The molecular formula is C14H21N3OS. The third-order valence-corrected chi connectivity index (χ3v) is 4.48. The third-order valence-electron chi connectivity index (χ3n) is 3.27. The number of hydrogen-bond acceptors (Lipinski definition) is 4. The summed E-state index contributed by atoms with van der Waals surface area (Å²) in [7, 11) is 3.87. The van der Waals surface area contributed by atoms with Crippen LogP contribution in [0.15, 0.2) is 18.2 Å². The van der Waals surface area contributed by atoms with E-state index in [2.05, 4.69) is 5.32 Å². The number of benzene rings is 1. The topological polar surface area (TPSA) is 58.4 Å². The molecule has 1 fully saturated rings. The zero-order valence-electron chi connectivity index (χ0n) is 11.5. The number of carbonyl (C=O) groups excluding carboxylic acids is 1. The number of amides is 1. The first kappa shape index (κ1) is 14.1. The van der Waals surface area contributed by atoms with Gasteiger partial charge in [-0.1, -0.05) is 0 Å². The monoisotopic (exact) mass is 279 g/mol. The molecular weight excluding hydrogens is 258 g/mol. The molecule has 0 bridgehead atoms. The summed E-state index contributed by atoms with van der Waals surface area (Å²) in [6.07, 6.45) is 2.25. The zero-order chi connectivity index (χ0) is 13.8. The van der Waals surface area contributed by atoms with Gasteiger partial charge in [0.25, 0.3) is 5.91 Å². The van der Waals surface area contributed by atoms with E-state index in [0.29, 0.717) is 17.3 Å². The first-order valence-electron chi connectivity index (χ1n) is 6.53. The van der Waals surface area contributed by atoms with Crippen LogP contribution in [0.1, 0.15) is 23.2 Å². The second-order valence-electron chi connectivity index (χ2n) is 5.06. The van der Waals surface area contributed by atoms with Gasteiger partial charge in [0.15, 0.2) is 0 Å². The molecule has 0 radical (unpaired) electrons. The average Bonchev–Trinajstić information content (AvgIpc) is 2.39. The molecule has 1 aromatic carbocycles. The van der Waals surface area contributed by atoms with E-state index in [0.717, 1.165) is 17.9 Å². The molecule has 1 heterocycles. The molecule has 104 valence electrons. The van der Waals surface area contributed by atoms with Gasteiger partial charge in [0.05, 0.1) is 11.4 Å². The first-order chi connectivity index (χ1) is 9.08. The number of nitrogens with zero attached hydrogens (tertiary/aromatic N) is 1. The van der Waals surface area contributed by atoms with E-state index in [-0.39, 0.29) is 5.91 Å². The van der Waals surface area contributed by atoms with Crippen molar-refractivity contribution in [3.8, 4) is 0 Å². The maximum atomic E-state index is 12.2. The van der Waals surface area contributed by atoms with Crippen molar-refractivity contribution in [1.82, 2.24) is 5.32 Å². The van der Waals surface area contributed by atoms with Crippen LogP contribution < -0.4 is 16.0 Å². The minimum Gasteiger partial charge on any atom is -0.397 e. The minimum atomic E-state index is -0.0236. The highest BCUT2D eigenvalue weighted by atomic mass is 32.2. The first-order valence-corrected chi connectivity index (χ1v) is 7.69. The Labute approximate surface area is 118 Å². The number of nitrogens with one attached hydrogen (secondary N) is 1. The van der Waals surface area contributed by atoms with Crippen LogP contribution in [0.4, 0.5) is 11.4 Å². The number of anilines is 2. The fourth-order valence-corrected chi connectivity index (χ4v) is 3.30. The third kappa shape index (κ3) is 3.56. The minimum absolute atomic E-state index is 0.0236. The molecule has 0 saturated carbocycles. The lowest BCUT2D eigenvalue weighted by molar-refractivity contribution is 0.0938. The second-order valence-corrected chi connectivity index (χ2v) is 6.21. The standard InChI is InChI=1S/C14H21N3OS/c1-17(2)13-6-5-10(8-12(13)15)14(18)16-11-4-3-7-19-9-11/h5-6,8,11H,3-4,7,9,15H2,1-2H3,(H,16,18). The normalized spacial score (nSPS) is 18.9. The molecule has 1 amide bonds. The van der Waals surface area contributed by atoms with E-state index < -0.39 is 0 Å². The Morgan fingerprint density at radius 3 is 2.84 bits per heavy atom. The molecule has 1 atom stereocenters. The molecule has 0 aliphatic carbocycles. The molecule has 5 heteroatoms. The van der Waals surface area contributed by atoms with Crippen LogP contribution in [-0.2, 0) is 0 Å². The van der Waals surface area contributed by atoms with Crippen LogP contribution in [0.2, 0.25) is 0 Å². The van der Waals surface area contributed by atoms with Crippen molar-refractivity contribution in [1.29, 1.82) is 0 Å². The van der Waals surface area contributed by atoms with E-state index in [4.69, 9.17) is 5.73 Å². The van der Waals surface area contributed by atoms with E-state index in [1.165, 1.54) is 12.2 Å². The van der Waals surface area contributed by atoms with Crippen LogP contribution in [-0.4, -0.2) is 37.6 Å². The smallest absolute Gasteiger partial charge is 0.251 e. The lowest BCUT2D eigenvalue weighted by Gasteiger charge is -2.23. The predicted molar refractivity (Wildman–Crippen MR) is 83.0 cm³/mol. The molecule has 4 nitrogen and oxygen atoms in total. The molecule has 1 saturated heterocycles. The van der Waals surface area contributed by atoms with Gasteiger partial charge in [-0.25, -0.2) is 0 Å². The van der Waals surface area contributed by atoms with Gasteiger partial charge < -0.3 is 16.0 Å². The van der Waals surface area contributed by atoms with Gasteiger partial charge in [0.2, 0.25) is 0 Å². The molecule has 19 heavy (non-hydrogen) atoms. The summed E-state index contributed by atoms with van der Waals surface area (Å²) in [6, 6.07) is 5.76. The van der Waals surface area contributed by atoms with Gasteiger partial charge in [-0.05, 0) is 36.8 Å². The van der Waals surface area contributed by atoms with Crippen LogP contribution in [0.5, 0.6) is 0 Å². The highest BCUT2D eigenvalue weighted by Crippen LogP contribution is 2.23. The Kier molecular flexibility index (Phi) is 4.58. The van der Waals surface area contributed by atoms with Crippen molar-refractivity contribution >= 4 is 29.0 Å². The molecule has 1 aliphatic rings. The Morgan fingerprint density at radius 2 is 2.26 bits per heavy atom. The number of rotatable bonds is 3. The lowest BCUT2D eigenvalue weighted by Crippen LogP contribution is -2.38. The van der Waals surface area contributed by atoms with Crippen molar-refractivity contribution in [2.24, 2.45) is 0 Å². The fourth-order valence-electron chi connectivity index (χ4n) is 2.23. The second kappa shape index (κ2) is 6.19. The number of hydrogen-bond donors (Lipinski definition) is 2. The van der Waals surface area contributed by atoms with Gasteiger partial charge in [-0.3, -0.25) is 4.79 Å². The Hall–Kier alpha value is -1.36.